The van der Waals surface area contributed by atoms with Gasteiger partial charge in [0, 0.05) is 26.1 Å². The highest BCUT2D eigenvalue weighted by Gasteiger charge is 2.24. The van der Waals surface area contributed by atoms with E-state index in [1.807, 2.05) is 31.2 Å². The number of rotatable bonds is 6. The van der Waals surface area contributed by atoms with Crippen molar-refractivity contribution in [2.45, 2.75) is 6.92 Å². The highest BCUT2D eigenvalue weighted by molar-refractivity contribution is 7.22. The number of hydrogen-bond acceptors (Lipinski definition) is 5. The Hall–Kier alpha value is -2.38. The molecule has 2 heterocycles. The first-order valence-corrected chi connectivity index (χ1v) is 8.88. The van der Waals surface area contributed by atoms with Crippen LogP contribution in [0.25, 0.3) is 21.0 Å². The average molecular weight is 360 g/mol. The zero-order chi connectivity index (χ0) is 18.0. The van der Waals surface area contributed by atoms with Crippen LogP contribution in [-0.2, 0) is 11.8 Å². The molecule has 1 amide bonds. The maximum Gasteiger partial charge on any atom is 0.264 e. The lowest BCUT2D eigenvalue weighted by atomic mass is 10.1. The number of nitrogens with one attached hydrogen (secondary N) is 1. The molecule has 1 aromatic carbocycles. The Kier molecular flexibility index (Phi) is 5.06. The Morgan fingerprint density at radius 1 is 1.28 bits per heavy atom. The van der Waals surface area contributed by atoms with Crippen molar-refractivity contribution in [1.82, 2.24) is 9.88 Å². The summed E-state index contributed by atoms with van der Waals surface area (Å²) < 4.78 is 13.5. The summed E-state index contributed by atoms with van der Waals surface area (Å²) in [5.74, 6) is 0.0733. The van der Waals surface area contributed by atoms with E-state index in [0.29, 0.717) is 29.2 Å². The fourth-order valence-electron chi connectivity index (χ4n) is 2.78. The molecule has 3 aromatic rings. The zero-order valence-electron chi connectivity index (χ0n) is 14.4. The van der Waals surface area contributed by atoms with Gasteiger partial charge in [0.05, 0.1) is 16.8 Å². The van der Waals surface area contributed by atoms with Crippen LogP contribution < -0.4 is 15.6 Å². The lowest BCUT2D eigenvalue weighted by Crippen LogP contribution is -2.20. The van der Waals surface area contributed by atoms with Crippen LogP contribution >= 0.6 is 11.3 Å². The summed E-state index contributed by atoms with van der Waals surface area (Å²) in [7, 11) is 3.29. The van der Waals surface area contributed by atoms with E-state index in [4.69, 9.17) is 9.47 Å². The lowest BCUT2D eigenvalue weighted by molar-refractivity contribution is 0.0951. The van der Waals surface area contributed by atoms with Crippen molar-refractivity contribution in [2.24, 2.45) is 7.05 Å². The molecule has 0 spiro atoms. The number of nitrogens with zero attached hydrogens (tertiary/aromatic N) is 1. The summed E-state index contributed by atoms with van der Waals surface area (Å²) >= 11 is 1.28. The second kappa shape index (κ2) is 7.25. The first-order chi connectivity index (χ1) is 12.1. The minimum absolute atomic E-state index is 0.175. The number of aryl methyl sites for hydroxylation is 1. The van der Waals surface area contributed by atoms with Crippen molar-refractivity contribution in [3.05, 3.63) is 39.5 Å². The Morgan fingerprint density at radius 2 is 2.04 bits per heavy atom. The van der Waals surface area contributed by atoms with Crippen molar-refractivity contribution in [1.29, 1.82) is 0 Å². The lowest BCUT2D eigenvalue weighted by Gasteiger charge is -2.09. The molecule has 132 valence electrons. The van der Waals surface area contributed by atoms with Gasteiger partial charge in [-0.3, -0.25) is 9.59 Å². The standard InChI is InChI=1S/C18H20N2O4S/c1-4-23-9-10-24-14-13-15(25-16(14)17(21)19-2)11-7-5-6-8-12(11)20(3)18(13)22/h5-8H,4,9-10H2,1-3H3,(H,19,21). The molecule has 6 nitrogen and oxygen atoms in total. The molecular weight excluding hydrogens is 340 g/mol. The number of amides is 1. The molecule has 0 bridgehead atoms. The molecule has 25 heavy (non-hydrogen) atoms. The first-order valence-electron chi connectivity index (χ1n) is 8.07. The highest BCUT2D eigenvalue weighted by atomic mass is 32.1. The third-order valence-corrected chi connectivity index (χ3v) is 5.21. The van der Waals surface area contributed by atoms with E-state index in [-0.39, 0.29) is 18.1 Å². The van der Waals surface area contributed by atoms with E-state index in [9.17, 15) is 9.59 Å². The number of benzene rings is 1. The Bertz CT molecular complexity index is 990. The van der Waals surface area contributed by atoms with Crippen LogP contribution in [0.1, 0.15) is 16.6 Å². The van der Waals surface area contributed by atoms with Gasteiger partial charge >= 0.3 is 0 Å². The van der Waals surface area contributed by atoms with Gasteiger partial charge in [0.25, 0.3) is 11.5 Å². The molecular formula is C18H20N2O4S. The fraction of sp³-hybridized carbons (Fsp3) is 0.333. The second-order valence-electron chi connectivity index (χ2n) is 5.47. The van der Waals surface area contributed by atoms with Crippen molar-refractivity contribution >= 4 is 38.2 Å². The summed E-state index contributed by atoms with van der Waals surface area (Å²) in [6, 6.07) is 7.65. The van der Waals surface area contributed by atoms with Gasteiger partial charge in [-0.2, -0.15) is 0 Å². The number of para-hydroxylation sites is 1. The minimum Gasteiger partial charge on any atom is -0.489 e. The van der Waals surface area contributed by atoms with Gasteiger partial charge in [-0.15, -0.1) is 11.3 Å². The molecule has 0 unspecified atom stereocenters. The topological polar surface area (TPSA) is 69.6 Å². The zero-order valence-corrected chi connectivity index (χ0v) is 15.2. The Labute approximate surface area is 149 Å². The number of carbonyl (C=O) groups is 1. The molecule has 7 heteroatoms. The summed E-state index contributed by atoms with van der Waals surface area (Å²) in [4.78, 5) is 25.6. The number of thiophene rings is 1. The molecule has 0 aliphatic rings. The summed E-state index contributed by atoms with van der Waals surface area (Å²) in [5.41, 5.74) is 0.650. The van der Waals surface area contributed by atoms with E-state index >= 15 is 0 Å². The van der Waals surface area contributed by atoms with E-state index in [1.54, 1.807) is 18.7 Å². The maximum atomic E-state index is 12.9. The van der Waals surface area contributed by atoms with E-state index in [2.05, 4.69) is 5.32 Å². The Balaban J connectivity index is 2.27. The number of hydrogen-bond donors (Lipinski definition) is 1. The third-order valence-electron chi connectivity index (χ3n) is 4.00. The summed E-state index contributed by atoms with van der Waals surface area (Å²) in [6.07, 6.45) is 0. The fourth-order valence-corrected chi connectivity index (χ4v) is 4.00. The van der Waals surface area contributed by atoms with Gasteiger partial charge in [-0.25, -0.2) is 0 Å². The number of ether oxygens (including phenoxy) is 2. The van der Waals surface area contributed by atoms with E-state index < -0.39 is 0 Å². The molecule has 0 radical (unpaired) electrons. The number of carbonyl (C=O) groups excluding carboxylic acids is 1. The van der Waals surface area contributed by atoms with Gasteiger partial charge in [-0.05, 0) is 13.0 Å². The highest BCUT2D eigenvalue weighted by Crippen LogP contribution is 2.39. The van der Waals surface area contributed by atoms with Gasteiger partial charge in [0.2, 0.25) is 0 Å². The molecule has 0 fully saturated rings. The average Bonchev–Trinajstić information content (AvgIpc) is 3.02. The van der Waals surface area contributed by atoms with Crippen LogP contribution in [0.4, 0.5) is 0 Å². The predicted octanol–water partition coefficient (Wildman–Crippen LogP) is 2.53. The second-order valence-corrected chi connectivity index (χ2v) is 6.49. The predicted molar refractivity (Wildman–Crippen MR) is 100.0 cm³/mol. The van der Waals surface area contributed by atoms with Gasteiger partial charge in [-0.1, -0.05) is 18.2 Å². The minimum atomic E-state index is -0.265. The number of pyridine rings is 1. The third kappa shape index (κ3) is 3.01. The molecule has 3 rings (SSSR count). The monoisotopic (exact) mass is 360 g/mol. The van der Waals surface area contributed by atoms with Crippen LogP contribution in [0.2, 0.25) is 0 Å². The molecule has 0 aliphatic carbocycles. The van der Waals surface area contributed by atoms with Gasteiger partial charge < -0.3 is 19.4 Å². The smallest absolute Gasteiger partial charge is 0.264 e. The van der Waals surface area contributed by atoms with Gasteiger partial charge in [0.15, 0.2) is 5.75 Å². The number of fused-ring (bicyclic) bond motifs is 3. The SMILES string of the molecule is CCOCCOc1c(C(=O)NC)sc2c1c(=O)n(C)c1ccccc21. The maximum absolute atomic E-state index is 12.9. The van der Waals surface area contributed by atoms with Gasteiger partial charge in [0.1, 0.15) is 16.9 Å². The van der Waals surface area contributed by atoms with E-state index in [0.717, 1.165) is 15.6 Å². The quantitative estimate of drug-likeness (QED) is 0.686. The van der Waals surface area contributed by atoms with Crippen LogP contribution in [0.5, 0.6) is 5.75 Å². The largest absolute Gasteiger partial charge is 0.489 e. The molecule has 0 saturated carbocycles. The van der Waals surface area contributed by atoms with Crippen LogP contribution in [0, 0.1) is 0 Å². The molecule has 1 N–H and O–H groups in total. The van der Waals surface area contributed by atoms with Crippen molar-refractivity contribution in [3.8, 4) is 5.75 Å². The van der Waals surface area contributed by atoms with E-state index in [1.165, 1.54) is 11.3 Å². The summed E-state index contributed by atoms with van der Waals surface area (Å²) in [6.45, 7) is 3.16. The van der Waals surface area contributed by atoms with Crippen molar-refractivity contribution < 1.29 is 14.3 Å². The number of aromatic nitrogens is 1. The normalized spacial score (nSPS) is 11.2. The molecule has 0 aliphatic heterocycles. The molecule has 0 saturated heterocycles. The Morgan fingerprint density at radius 3 is 2.76 bits per heavy atom. The van der Waals surface area contributed by atoms with Crippen LogP contribution in [0.15, 0.2) is 29.1 Å². The first kappa shape index (κ1) is 17.4. The molecule has 0 atom stereocenters. The van der Waals surface area contributed by atoms with Crippen molar-refractivity contribution in [3.63, 3.8) is 0 Å². The molecule has 2 aromatic heterocycles. The van der Waals surface area contributed by atoms with Crippen LogP contribution in [0.3, 0.4) is 0 Å². The van der Waals surface area contributed by atoms with Crippen LogP contribution in [-0.4, -0.2) is 37.3 Å². The summed E-state index contributed by atoms with van der Waals surface area (Å²) in [5, 5.41) is 3.99. The van der Waals surface area contributed by atoms with Crippen molar-refractivity contribution in [2.75, 3.05) is 26.9 Å².